The van der Waals surface area contributed by atoms with Gasteiger partial charge in [-0.3, -0.25) is 0 Å². The molecule has 7 heteroatoms. The molecule has 1 aromatic rings. The maximum absolute atomic E-state index is 12.8. The Bertz CT molecular complexity index is 598. The Morgan fingerprint density at radius 1 is 1.38 bits per heavy atom. The number of hydrogen-bond donors (Lipinski definition) is 1. The molecule has 0 aliphatic carbocycles. The molecule has 5 nitrogen and oxygen atoms in total. The van der Waals surface area contributed by atoms with Gasteiger partial charge in [0.2, 0.25) is 10.0 Å². The molecule has 0 unspecified atom stereocenters. The summed E-state index contributed by atoms with van der Waals surface area (Å²) in [5, 5.41) is 9.11. The normalized spacial score (nSPS) is 18.3. The van der Waals surface area contributed by atoms with Gasteiger partial charge in [0.1, 0.15) is 0 Å². The molecule has 21 heavy (non-hydrogen) atoms. The SMILES string of the molecule is CN1CCC(N(C)S(=O)(=O)c2ccc(CO)cc2Br)CC1. The molecule has 2 rings (SSSR count). The predicted molar refractivity (Wildman–Crippen MR) is 85.5 cm³/mol. The Balaban J connectivity index is 2.25. The molecule has 1 aliphatic rings. The van der Waals surface area contributed by atoms with Crippen LogP contribution in [-0.2, 0) is 16.6 Å². The van der Waals surface area contributed by atoms with Gasteiger partial charge >= 0.3 is 0 Å². The molecule has 1 saturated heterocycles. The number of aliphatic hydroxyl groups excluding tert-OH is 1. The molecule has 1 aliphatic heterocycles. The molecule has 0 aromatic heterocycles. The van der Waals surface area contributed by atoms with Crippen LogP contribution in [0.3, 0.4) is 0 Å². The highest BCUT2D eigenvalue weighted by Gasteiger charge is 2.31. The number of likely N-dealkylation sites (tertiary alicyclic amines) is 1. The van der Waals surface area contributed by atoms with Crippen LogP contribution in [0.4, 0.5) is 0 Å². The lowest BCUT2D eigenvalue weighted by molar-refractivity contribution is 0.197. The van der Waals surface area contributed by atoms with Crippen LogP contribution in [0, 0.1) is 0 Å². The zero-order valence-corrected chi connectivity index (χ0v) is 14.7. The van der Waals surface area contributed by atoms with Crippen LogP contribution in [0.15, 0.2) is 27.6 Å². The lowest BCUT2D eigenvalue weighted by Gasteiger charge is -2.34. The third-order valence-electron chi connectivity index (χ3n) is 4.04. The van der Waals surface area contributed by atoms with Gasteiger partial charge < -0.3 is 10.0 Å². The van der Waals surface area contributed by atoms with Crippen LogP contribution < -0.4 is 0 Å². The molecule has 0 atom stereocenters. The van der Waals surface area contributed by atoms with E-state index in [-0.39, 0.29) is 17.5 Å². The summed E-state index contributed by atoms with van der Waals surface area (Å²) in [5.41, 5.74) is 0.683. The fourth-order valence-electron chi connectivity index (χ4n) is 2.56. The lowest BCUT2D eigenvalue weighted by atomic mass is 10.1. The molecular weight excluding hydrogens is 356 g/mol. The van der Waals surface area contributed by atoms with Crippen LogP contribution in [-0.4, -0.2) is 56.0 Å². The molecule has 1 heterocycles. The number of benzene rings is 1. The summed E-state index contributed by atoms with van der Waals surface area (Å²) in [6.07, 6.45) is 1.69. The highest BCUT2D eigenvalue weighted by molar-refractivity contribution is 9.10. The number of aliphatic hydroxyl groups is 1. The molecule has 1 aromatic carbocycles. The molecule has 1 fully saturated rings. The Hall–Kier alpha value is -0.470. The van der Waals surface area contributed by atoms with Crippen LogP contribution in [0.1, 0.15) is 18.4 Å². The van der Waals surface area contributed by atoms with Crippen molar-refractivity contribution in [3.8, 4) is 0 Å². The monoisotopic (exact) mass is 376 g/mol. The van der Waals surface area contributed by atoms with Crippen molar-refractivity contribution in [3.05, 3.63) is 28.2 Å². The number of halogens is 1. The van der Waals surface area contributed by atoms with E-state index in [1.54, 1.807) is 25.2 Å². The van der Waals surface area contributed by atoms with E-state index in [2.05, 4.69) is 27.9 Å². The minimum Gasteiger partial charge on any atom is -0.392 e. The van der Waals surface area contributed by atoms with Gasteiger partial charge in [-0.2, -0.15) is 4.31 Å². The lowest BCUT2D eigenvalue weighted by Crippen LogP contribution is -2.44. The van der Waals surface area contributed by atoms with Crippen molar-refractivity contribution < 1.29 is 13.5 Å². The highest BCUT2D eigenvalue weighted by atomic mass is 79.9. The average Bonchev–Trinajstić information content (AvgIpc) is 2.46. The van der Waals surface area contributed by atoms with Gasteiger partial charge in [0.05, 0.1) is 11.5 Å². The zero-order valence-electron chi connectivity index (χ0n) is 12.3. The minimum atomic E-state index is -3.53. The van der Waals surface area contributed by atoms with Crippen molar-refractivity contribution in [1.82, 2.24) is 9.21 Å². The zero-order chi connectivity index (χ0) is 15.6. The van der Waals surface area contributed by atoms with Gasteiger partial charge in [0.25, 0.3) is 0 Å². The second kappa shape index (κ2) is 6.75. The predicted octanol–water partition coefficient (Wildman–Crippen LogP) is 1.66. The number of piperidine rings is 1. The Morgan fingerprint density at radius 3 is 2.52 bits per heavy atom. The van der Waals surface area contributed by atoms with Crippen molar-refractivity contribution in [2.45, 2.75) is 30.4 Å². The molecule has 0 saturated carbocycles. The van der Waals surface area contributed by atoms with Crippen LogP contribution in [0.2, 0.25) is 0 Å². The van der Waals surface area contributed by atoms with Crippen molar-refractivity contribution in [2.75, 3.05) is 27.2 Å². The first-order chi connectivity index (χ1) is 9.86. The fourth-order valence-corrected chi connectivity index (χ4v) is 5.06. The van der Waals surface area contributed by atoms with Crippen LogP contribution in [0.5, 0.6) is 0 Å². The number of sulfonamides is 1. The quantitative estimate of drug-likeness (QED) is 0.867. The highest BCUT2D eigenvalue weighted by Crippen LogP contribution is 2.28. The molecule has 0 spiro atoms. The van der Waals surface area contributed by atoms with E-state index in [9.17, 15) is 8.42 Å². The maximum Gasteiger partial charge on any atom is 0.244 e. The third-order valence-corrected chi connectivity index (χ3v) is 6.92. The second-order valence-electron chi connectivity index (χ2n) is 5.48. The molecule has 0 amide bonds. The van der Waals surface area contributed by atoms with Gasteiger partial charge in [-0.05, 0) is 66.6 Å². The Kier molecular flexibility index (Phi) is 5.43. The van der Waals surface area contributed by atoms with E-state index in [4.69, 9.17) is 5.11 Å². The van der Waals surface area contributed by atoms with E-state index in [1.165, 1.54) is 4.31 Å². The summed E-state index contributed by atoms with van der Waals surface area (Å²) in [7, 11) is 0.176. The number of rotatable bonds is 4. The summed E-state index contributed by atoms with van der Waals surface area (Å²) in [5.74, 6) is 0. The summed E-state index contributed by atoms with van der Waals surface area (Å²) in [6, 6.07) is 4.88. The van der Waals surface area contributed by atoms with Crippen molar-refractivity contribution >= 4 is 26.0 Å². The largest absolute Gasteiger partial charge is 0.392 e. The Labute approximate surface area is 134 Å². The van der Waals surface area contributed by atoms with E-state index in [0.29, 0.717) is 10.0 Å². The number of nitrogens with zero attached hydrogens (tertiary/aromatic N) is 2. The average molecular weight is 377 g/mol. The van der Waals surface area contributed by atoms with E-state index in [1.807, 2.05) is 0 Å². The van der Waals surface area contributed by atoms with E-state index >= 15 is 0 Å². The van der Waals surface area contributed by atoms with Gasteiger partial charge in [0.15, 0.2) is 0 Å². The summed E-state index contributed by atoms with van der Waals surface area (Å²) in [4.78, 5) is 2.46. The third kappa shape index (κ3) is 3.65. The minimum absolute atomic E-state index is 0.0376. The fraction of sp³-hybridized carbons (Fsp3) is 0.571. The van der Waals surface area contributed by atoms with Crippen LogP contribution in [0.25, 0.3) is 0 Å². The smallest absolute Gasteiger partial charge is 0.244 e. The van der Waals surface area contributed by atoms with Gasteiger partial charge in [-0.25, -0.2) is 8.42 Å². The van der Waals surface area contributed by atoms with Crippen molar-refractivity contribution in [3.63, 3.8) is 0 Å². The van der Waals surface area contributed by atoms with Crippen LogP contribution >= 0.6 is 15.9 Å². The molecule has 0 radical (unpaired) electrons. The van der Waals surface area contributed by atoms with Gasteiger partial charge in [0, 0.05) is 17.6 Å². The van der Waals surface area contributed by atoms with Gasteiger partial charge in [-0.1, -0.05) is 6.07 Å². The van der Waals surface area contributed by atoms with E-state index < -0.39 is 10.0 Å². The first-order valence-corrected chi connectivity index (χ1v) is 9.15. The standard InChI is InChI=1S/C14H21BrN2O3S/c1-16-7-5-12(6-8-16)17(2)21(19,20)14-4-3-11(10-18)9-13(14)15/h3-4,9,12,18H,5-8,10H2,1-2H3. The summed E-state index contributed by atoms with van der Waals surface area (Å²) < 4.78 is 27.5. The van der Waals surface area contributed by atoms with Crippen molar-refractivity contribution in [1.29, 1.82) is 0 Å². The molecule has 0 bridgehead atoms. The second-order valence-corrected chi connectivity index (χ2v) is 8.30. The molecule has 118 valence electrons. The van der Waals surface area contributed by atoms with Gasteiger partial charge in [-0.15, -0.1) is 0 Å². The summed E-state index contributed by atoms with van der Waals surface area (Å²) >= 11 is 3.30. The molecular formula is C14H21BrN2O3S. The maximum atomic E-state index is 12.8. The molecule has 1 N–H and O–H groups in total. The topological polar surface area (TPSA) is 60.9 Å². The van der Waals surface area contributed by atoms with Crippen molar-refractivity contribution in [2.24, 2.45) is 0 Å². The first kappa shape index (κ1) is 16.9. The Morgan fingerprint density at radius 2 is 2.00 bits per heavy atom. The summed E-state index contributed by atoms with van der Waals surface area (Å²) in [6.45, 7) is 1.72. The first-order valence-electron chi connectivity index (χ1n) is 6.92. The number of hydrogen-bond acceptors (Lipinski definition) is 4. The van der Waals surface area contributed by atoms with E-state index in [0.717, 1.165) is 25.9 Å².